The molecule has 3 aromatic rings. The summed E-state index contributed by atoms with van der Waals surface area (Å²) in [4.78, 5) is 53.4. The van der Waals surface area contributed by atoms with Crippen LogP contribution in [0.1, 0.15) is 12.5 Å². The van der Waals surface area contributed by atoms with E-state index in [2.05, 4.69) is 5.32 Å². The number of nitrogens with one attached hydrogen (secondary N) is 1. The minimum absolute atomic E-state index is 0.114. The topological polar surface area (TPSA) is 122 Å². The van der Waals surface area contributed by atoms with E-state index < -0.39 is 41.9 Å². The summed E-state index contributed by atoms with van der Waals surface area (Å²) in [5, 5.41) is 4.67. The molecule has 2 unspecified atom stereocenters. The Kier molecular flexibility index (Phi) is 4.97. The number of nitrogens with two attached hydrogens (primary N) is 1. The number of nitrogens with zero attached hydrogens (tertiary/aromatic N) is 2. The first-order valence-electron chi connectivity index (χ1n) is 10.8. The van der Waals surface area contributed by atoms with Crippen molar-refractivity contribution in [1.82, 2.24) is 10.2 Å². The van der Waals surface area contributed by atoms with Crippen LogP contribution < -0.4 is 20.7 Å². The van der Waals surface area contributed by atoms with Crippen molar-refractivity contribution in [3.8, 4) is 5.75 Å². The molecule has 0 bridgehead atoms. The van der Waals surface area contributed by atoms with Crippen LogP contribution in [0, 0.1) is 0 Å². The van der Waals surface area contributed by atoms with Crippen molar-refractivity contribution in [2.75, 3.05) is 18.0 Å². The first kappa shape index (κ1) is 21.4. The Morgan fingerprint density at radius 1 is 1.06 bits per heavy atom. The minimum atomic E-state index is -1.32. The van der Waals surface area contributed by atoms with Crippen LogP contribution in [0.5, 0.6) is 5.75 Å². The molecule has 3 aromatic carbocycles. The van der Waals surface area contributed by atoms with Gasteiger partial charge in [0.25, 0.3) is 11.8 Å². The Morgan fingerprint density at radius 2 is 1.76 bits per heavy atom. The zero-order valence-electron chi connectivity index (χ0n) is 18.4. The van der Waals surface area contributed by atoms with Crippen LogP contribution in [0.2, 0.25) is 0 Å². The molecule has 2 heterocycles. The van der Waals surface area contributed by atoms with Gasteiger partial charge in [-0.25, -0.2) is 4.79 Å². The van der Waals surface area contributed by atoms with Crippen molar-refractivity contribution in [3.05, 3.63) is 72.3 Å². The number of amides is 5. The number of fused-ring (bicyclic) bond motifs is 2. The molecule has 0 spiro atoms. The molecule has 34 heavy (non-hydrogen) atoms. The summed E-state index contributed by atoms with van der Waals surface area (Å²) in [6.45, 7) is 1.01. The number of carbonyl (C=O) groups is 4. The summed E-state index contributed by atoms with van der Waals surface area (Å²) in [7, 11) is 0. The van der Waals surface area contributed by atoms with Crippen LogP contribution in [0.3, 0.4) is 0 Å². The minimum Gasteiger partial charge on any atom is -0.477 e. The Bertz CT molecular complexity index is 1360. The van der Waals surface area contributed by atoms with E-state index in [0.717, 1.165) is 15.7 Å². The normalized spacial score (nSPS) is 21.7. The average molecular weight is 458 g/mol. The summed E-state index contributed by atoms with van der Waals surface area (Å²) < 4.78 is 5.58. The summed E-state index contributed by atoms with van der Waals surface area (Å²) in [6, 6.07) is 19.3. The highest BCUT2D eigenvalue weighted by Gasteiger charge is 2.50. The van der Waals surface area contributed by atoms with Crippen molar-refractivity contribution in [1.29, 1.82) is 0 Å². The standard InChI is InChI=1S/C25H22N4O5/c1-25(17-11-10-15-6-2-3-7-16(15)12-17)23(32)29(24(33)27-25)14-21(30)28-13-20(22(26)31)34-19-9-5-4-8-18(19)28/h2-12,20H,13-14H2,1H3,(H2,26,31)(H,27,33). The fraction of sp³-hybridized carbons (Fsp3) is 0.200. The average Bonchev–Trinajstić information content (AvgIpc) is 3.06. The summed E-state index contributed by atoms with van der Waals surface area (Å²) in [5.41, 5.74) is 5.14. The second-order valence-electron chi connectivity index (χ2n) is 8.49. The predicted molar refractivity (Wildman–Crippen MR) is 124 cm³/mol. The molecule has 1 saturated heterocycles. The van der Waals surface area contributed by atoms with Crippen molar-refractivity contribution in [3.63, 3.8) is 0 Å². The summed E-state index contributed by atoms with van der Waals surface area (Å²) >= 11 is 0. The van der Waals surface area contributed by atoms with E-state index in [1.165, 1.54) is 4.90 Å². The van der Waals surface area contributed by atoms with Gasteiger partial charge in [-0.15, -0.1) is 0 Å². The maximum Gasteiger partial charge on any atom is 0.325 e. The lowest BCUT2D eigenvalue weighted by Gasteiger charge is -2.34. The van der Waals surface area contributed by atoms with Crippen molar-refractivity contribution in [2.24, 2.45) is 5.73 Å². The van der Waals surface area contributed by atoms with Crippen LogP contribution in [0.15, 0.2) is 66.7 Å². The Labute approximate surface area is 195 Å². The monoisotopic (exact) mass is 458 g/mol. The number of imide groups is 1. The van der Waals surface area contributed by atoms with Crippen molar-refractivity contribution < 1.29 is 23.9 Å². The molecule has 9 nitrogen and oxygen atoms in total. The van der Waals surface area contributed by atoms with Gasteiger partial charge in [-0.05, 0) is 41.5 Å². The second-order valence-corrected chi connectivity index (χ2v) is 8.49. The summed E-state index contributed by atoms with van der Waals surface area (Å²) in [5.74, 6) is -1.46. The number of urea groups is 1. The molecule has 172 valence electrons. The van der Waals surface area contributed by atoms with E-state index in [4.69, 9.17) is 10.5 Å². The lowest BCUT2D eigenvalue weighted by Crippen LogP contribution is -2.52. The number of anilines is 1. The molecule has 3 N–H and O–H groups in total. The molecule has 0 aliphatic carbocycles. The lowest BCUT2D eigenvalue weighted by atomic mass is 9.90. The molecule has 0 aromatic heterocycles. The molecule has 9 heteroatoms. The number of hydrogen-bond donors (Lipinski definition) is 2. The molecular formula is C25H22N4O5. The highest BCUT2D eigenvalue weighted by atomic mass is 16.5. The van der Waals surface area contributed by atoms with E-state index in [-0.39, 0.29) is 6.54 Å². The molecule has 5 amide bonds. The molecule has 2 aliphatic heterocycles. The maximum atomic E-state index is 13.4. The molecule has 0 saturated carbocycles. The molecule has 2 aliphatic rings. The fourth-order valence-electron chi connectivity index (χ4n) is 4.38. The van der Waals surface area contributed by atoms with Gasteiger partial charge in [-0.2, -0.15) is 0 Å². The molecule has 0 radical (unpaired) electrons. The predicted octanol–water partition coefficient (Wildman–Crippen LogP) is 1.89. The fourth-order valence-corrected chi connectivity index (χ4v) is 4.38. The largest absolute Gasteiger partial charge is 0.477 e. The van der Waals surface area contributed by atoms with Gasteiger partial charge in [-0.3, -0.25) is 19.3 Å². The Balaban J connectivity index is 1.41. The van der Waals surface area contributed by atoms with Gasteiger partial charge < -0.3 is 20.7 Å². The molecular weight excluding hydrogens is 436 g/mol. The SMILES string of the molecule is CC1(c2ccc3ccccc3c2)NC(=O)N(CC(=O)N2CC(C(N)=O)Oc3ccccc32)C1=O. The van der Waals surface area contributed by atoms with E-state index >= 15 is 0 Å². The van der Waals surface area contributed by atoms with Crippen LogP contribution in [-0.2, 0) is 19.9 Å². The van der Waals surface area contributed by atoms with Gasteiger partial charge >= 0.3 is 6.03 Å². The van der Waals surface area contributed by atoms with Crippen molar-refractivity contribution >= 4 is 40.2 Å². The molecule has 1 fully saturated rings. The van der Waals surface area contributed by atoms with Gasteiger partial charge in [0.05, 0.1) is 12.2 Å². The maximum absolute atomic E-state index is 13.4. The van der Waals surface area contributed by atoms with Crippen LogP contribution in [0.25, 0.3) is 10.8 Å². The van der Waals surface area contributed by atoms with Crippen LogP contribution in [-0.4, -0.2) is 47.8 Å². The number of benzene rings is 3. The van der Waals surface area contributed by atoms with E-state index in [1.807, 2.05) is 36.4 Å². The second kappa shape index (κ2) is 7.87. The Hall–Kier alpha value is -4.40. The first-order valence-corrected chi connectivity index (χ1v) is 10.8. The zero-order chi connectivity index (χ0) is 24.0. The molecule has 2 atom stereocenters. The molecule has 5 rings (SSSR count). The smallest absolute Gasteiger partial charge is 0.325 e. The zero-order valence-corrected chi connectivity index (χ0v) is 18.4. The Morgan fingerprint density at radius 3 is 2.53 bits per heavy atom. The van der Waals surface area contributed by atoms with E-state index in [1.54, 1.807) is 37.3 Å². The first-order chi connectivity index (χ1) is 16.3. The number of ether oxygens (including phenoxy) is 1. The highest BCUT2D eigenvalue weighted by Crippen LogP contribution is 2.34. The number of hydrogen-bond acceptors (Lipinski definition) is 5. The highest BCUT2D eigenvalue weighted by molar-refractivity contribution is 6.11. The number of carbonyl (C=O) groups excluding carboxylic acids is 4. The van der Waals surface area contributed by atoms with Crippen molar-refractivity contribution in [2.45, 2.75) is 18.6 Å². The quantitative estimate of drug-likeness (QED) is 0.578. The summed E-state index contributed by atoms with van der Waals surface area (Å²) in [6.07, 6.45) is -1.04. The van der Waals surface area contributed by atoms with Gasteiger partial charge in [0.15, 0.2) is 6.10 Å². The van der Waals surface area contributed by atoms with E-state index in [0.29, 0.717) is 17.0 Å². The lowest BCUT2D eigenvalue weighted by molar-refractivity contribution is -0.134. The van der Waals surface area contributed by atoms with E-state index in [9.17, 15) is 19.2 Å². The van der Waals surface area contributed by atoms with Gasteiger partial charge in [0.1, 0.15) is 17.8 Å². The van der Waals surface area contributed by atoms with Crippen LogP contribution >= 0.6 is 0 Å². The number of rotatable bonds is 4. The third-order valence-corrected chi connectivity index (χ3v) is 6.29. The number of primary amides is 1. The third-order valence-electron chi connectivity index (χ3n) is 6.29. The van der Waals surface area contributed by atoms with Gasteiger partial charge in [0, 0.05) is 0 Å². The van der Waals surface area contributed by atoms with Crippen LogP contribution in [0.4, 0.5) is 10.5 Å². The third kappa shape index (κ3) is 3.42. The van der Waals surface area contributed by atoms with Gasteiger partial charge in [-0.1, -0.05) is 48.5 Å². The number of para-hydroxylation sites is 2. The van der Waals surface area contributed by atoms with Gasteiger partial charge in [0.2, 0.25) is 5.91 Å².